The number of benzene rings is 1. The summed E-state index contributed by atoms with van der Waals surface area (Å²) in [5.74, 6) is 0. The lowest BCUT2D eigenvalue weighted by Crippen LogP contribution is -2.58. The summed E-state index contributed by atoms with van der Waals surface area (Å²) in [6.45, 7) is 4.17. The van der Waals surface area contributed by atoms with Crippen molar-refractivity contribution in [1.82, 2.24) is 5.32 Å². The van der Waals surface area contributed by atoms with Crippen molar-refractivity contribution in [2.75, 3.05) is 13.1 Å². The molecule has 2 aliphatic rings. The van der Waals surface area contributed by atoms with Gasteiger partial charge in [-0.1, -0.05) is 49.6 Å². The summed E-state index contributed by atoms with van der Waals surface area (Å²) in [6.07, 6.45) is 6.41. The second-order valence-corrected chi connectivity index (χ2v) is 6.05. The van der Waals surface area contributed by atoms with Crippen molar-refractivity contribution in [1.29, 1.82) is 0 Å². The van der Waals surface area contributed by atoms with Crippen LogP contribution < -0.4 is 5.32 Å². The van der Waals surface area contributed by atoms with Crippen molar-refractivity contribution in [3.63, 3.8) is 0 Å². The van der Waals surface area contributed by atoms with Crippen LogP contribution in [-0.4, -0.2) is 18.7 Å². The highest BCUT2D eigenvalue weighted by Crippen LogP contribution is 2.40. The van der Waals surface area contributed by atoms with Gasteiger partial charge in [-0.15, -0.1) is 0 Å². The van der Waals surface area contributed by atoms with Gasteiger partial charge in [0.15, 0.2) is 0 Å². The fourth-order valence-electron chi connectivity index (χ4n) is 3.51. The van der Waals surface area contributed by atoms with E-state index in [-0.39, 0.29) is 11.2 Å². The molecule has 18 heavy (non-hydrogen) atoms. The van der Waals surface area contributed by atoms with Crippen LogP contribution >= 0.6 is 0 Å². The van der Waals surface area contributed by atoms with Gasteiger partial charge in [0.25, 0.3) is 0 Å². The van der Waals surface area contributed by atoms with Crippen LogP contribution in [0.1, 0.15) is 44.6 Å². The summed E-state index contributed by atoms with van der Waals surface area (Å²) >= 11 is 0. The van der Waals surface area contributed by atoms with Crippen LogP contribution in [0.2, 0.25) is 0 Å². The highest BCUT2D eigenvalue weighted by molar-refractivity contribution is 5.23. The largest absolute Gasteiger partial charge is 0.361 e. The van der Waals surface area contributed by atoms with E-state index in [1.165, 1.54) is 37.7 Å². The molecule has 2 nitrogen and oxygen atoms in total. The molecule has 1 aliphatic carbocycles. The molecule has 1 saturated carbocycles. The minimum Gasteiger partial charge on any atom is -0.361 e. The third-order valence-electron chi connectivity index (χ3n) is 4.50. The lowest BCUT2D eigenvalue weighted by molar-refractivity contribution is -0.188. The first-order chi connectivity index (χ1) is 8.73. The Morgan fingerprint density at radius 2 is 1.72 bits per heavy atom. The number of rotatable bonds is 1. The molecule has 1 N–H and O–H groups in total. The molecular formula is C16H23NO. The molecule has 0 bridgehead atoms. The average molecular weight is 245 g/mol. The standard InChI is InChI=1S/C16H23NO/c1-15(14-8-4-2-5-9-14)12-17-13-16(18-15)10-6-3-7-11-16/h2,4-5,8-9,17H,3,6-7,10-13H2,1H3. The zero-order valence-electron chi connectivity index (χ0n) is 11.2. The molecule has 1 atom stereocenters. The summed E-state index contributed by atoms with van der Waals surface area (Å²) < 4.78 is 6.63. The van der Waals surface area contributed by atoms with Crippen LogP contribution in [0.15, 0.2) is 30.3 Å². The molecule has 2 fully saturated rings. The molecule has 3 rings (SSSR count). The Labute approximate surface area is 110 Å². The molecule has 1 heterocycles. The fourth-order valence-corrected chi connectivity index (χ4v) is 3.51. The Morgan fingerprint density at radius 1 is 1.00 bits per heavy atom. The quantitative estimate of drug-likeness (QED) is 0.820. The summed E-state index contributed by atoms with van der Waals surface area (Å²) in [4.78, 5) is 0. The van der Waals surface area contributed by atoms with Crippen LogP contribution in [0.25, 0.3) is 0 Å². The van der Waals surface area contributed by atoms with E-state index in [0.29, 0.717) is 0 Å². The van der Waals surface area contributed by atoms with Gasteiger partial charge in [-0.05, 0) is 25.3 Å². The maximum Gasteiger partial charge on any atom is 0.103 e. The van der Waals surface area contributed by atoms with E-state index in [1.807, 2.05) is 0 Å². The molecule has 1 unspecified atom stereocenters. The first-order valence-corrected chi connectivity index (χ1v) is 7.19. The molecule has 0 aromatic heterocycles. The van der Waals surface area contributed by atoms with E-state index < -0.39 is 0 Å². The van der Waals surface area contributed by atoms with E-state index in [0.717, 1.165) is 13.1 Å². The Hall–Kier alpha value is -0.860. The van der Waals surface area contributed by atoms with Gasteiger partial charge in [0.2, 0.25) is 0 Å². The zero-order chi connectivity index (χ0) is 12.5. The van der Waals surface area contributed by atoms with E-state index in [9.17, 15) is 0 Å². The van der Waals surface area contributed by atoms with Crippen molar-refractivity contribution < 1.29 is 4.74 Å². The van der Waals surface area contributed by atoms with Gasteiger partial charge in [-0.2, -0.15) is 0 Å². The normalized spacial score (nSPS) is 31.4. The topological polar surface area (TPSA) is 21.3 Å². The maximum absolute atomic E-state index is 6.63. The monoisotopic (exact) mass is 245 g/mol. The number of hydrogen-bond donors (Lipinski definition) is 1. The third-order valence-corrected chi connectivity index (χ3v) is 4.50. The summed E-state index contributed by atoms with van der Waals surface area (Å²) in [6, 6.07) is 10.6. The van der Waals surface area contributed by atoms with Gasteiger partial charge in [0.05, 0.1) is 5.60 Å². The van der Waals surface area contributed by atoms with Gasteiger partial charge < -0.3 is 10.1 Å². The Bertz CT molecular complexity index is 391. The van der Waals surface area contributed by atoms with Crippen LogP contribution in [0.5, 0.6) is 0 Å². The number of hydrogen-bond acceptors (Lipinski definition) is 2. The van der Waals surface area contributed by atoms with E-state index >= 15 is 0 Å². The van der Waals surface area contributed by atoms with Gasteiger partial charge in [0, 0.05) is 13.1 Å². The van der Waals surface area contributed by atoms with Crippen molar-refractivity contribution in [2.45, 2.75) is 50.2 Å². The van der Waals surface area contributed by atoms with Gasteiger partial charge in [0.1, 0.15) is 5.60 Å². The number of ether oxygens (including phenoxy) is 1. The molecule has 0 radical (unpaired) electrons. The van der Waals surface area contributed by atoms with E-state index in [2.05, 4.69) is 42.6 Å². The summed E-state index contributed by atoms with van der Waals surface area (Å²) in [7, 11) is 0. The Kier molecular flexibility index (Phi) is 3.16. The molecule has 1 aromatic carbocycles. The average Bonchev–Trinajstić information content (AvgIpc) is 2.40. The molecular weight excluding hydrogens is 222 g/mol. The number of morpholine rings is 1. The second-order valence-electron chi connectivity index (χ2n) is 6.05. The van der Waals surface area contributed by atoms with Crippen molar-refractivity contribution in [3.8, 4) is 0 Å². The molecule has 0 amide bonds. The van der Waals surface area contributed by atoms with E-state index in [1.54, 1.807) is 0 Å². The van der Waals surface area contributed by atoms with Crippen LogP contribution in [-0.2, 0) is 10.3 Å². The lowest BCUT2D eigenvalue weighted by Gasteiger charge is -2.49. The van der Waals surface area contributed by atoms with Crippen LogP contribution in [0, 0.1) is 0 Å². The predicted molar refractivity (Wildman–Crippen MR) is 73.6 cm³/mol. The Balaban J connectivity index is 1.84. The highest BCUT2D eigenvalue weighted by atomic mass is 16.5. The molecule has 98 valence electrons. The van der Waals surface area contributed by atoms with E-state index in [4.69, 9.17) is 4.74 Å². The third kappa shape index (κ3) is 2.19. The minimum atomic E-state index is -0.170. The van der Waals surface area contributed by atoms with Crippen molar-refractivity contribution in [3.05, 3.63) is 35.9 Å². The maximum atomic E-state index is 6.63. The molecule has 1 aromatic rings. The predicted octanol–water partition coefficient (Wildman–Crippen LogP) is 3.22. The second kappa shape index (κ2) is 4.67. The minimum absolute atomic E-state index is 0.0844. The molecule has 1 saturated heterocycles. The smallest absolute Gasteiger partial charge is 0.103 e. The highest BCUT2D eigenvalue weighted by Gasteiger charge is 2.44. The van der Waals surface area contributed by atoms with Crippen molar-refractivity contribution in [2.24, 2.45) is 0 Å². The molecule has 1 aliphatic heterocycles. The molecule has 2 heteroatoms. The molecule has 1 spiro atoms. The SMILES string of the molecule is CC1(c2ccccc2)CNCC2(CCCCC2)O1. The summed E-state index contributed by atoms with van der Waals surface area (Å²) in [5.41, 5.74) is 1.21. The lowest BCUT2D eigenvalue weighted by atomic mass is 9.81. The zero-order valence-corrected chi connectivity index (χ0v) is 11.2. The van der Waals surface area contributed by atoms with Gasteiger partial charge in [-0.25, -0.2) is 0 Å². The van der Waals surface area contributed by atoms with Gasteiger partial charge in [-0.3, -0.25) is 0 Å². The fraction of sp³-hybridized carbons (Fsp3) is 0.625. The number of nitrogens with one attached hydrogen (secondary N) is 1. The van der Waals surface area contributed by atoms with Crippen LogP contribution in [0.4, 0.5) is 0 Å². The first-order valence-electron chi connectivity index (χ1n) is 7.19. The summed E-state index contributed by atoms with van der Waals surface area (Å²) in [5, 5.41) is 3.61. The van der Waals surface area contributed by atoms with Gasteiger partial charge >= 0.3 is 0 Å². The van der Waals surface area contributed by atoms with Crippen LogP contribution in [0.3, 0.4) is 0 Å². The Morgan fingerprint density at radius 3 is 2.44 bits per heavy atom. The van der Waals surface area contributed by atoms with Crippen molar-refractivity contribution >= 4 is 0 Å². The first kappa shape index (κ1) is 12.2.